The number of carbonyl (C=O) groups excluding carboxylic acids is 1. The van der Waals surface area contributed by atoms with Gasteiger partial charge in [-0.1, -0.05) is 19.8 Å². The topological polar surface area (TPSA) is 63.6 Å². The van der Waals surface area contributed by atoms with E-state index in [0.29, 0.717) is 12.8 Å². The number of hydrogen-bond acceptors (Lipinski definition) is 3. The highest BCUT2D eigenvalue weighted by Crippen LogP contribution is 2.24. The van der Waals surface area contributed by atoms with Gasteiger partial charge in [0.1, 0.15) is 5.60 Å². The molecule has 19 heavy (non-hydrogen) atoms. The van der Waals surface area contributed by atoms with E-state index in [2.05, 4.69) is 0 Å². The van der Waals surface area contributed by atoms with Gasteiger partial charge in [-0.15, -0.1) is 0 Å². The van der Waals surface area contributed by atoms with Gasteiger partial charge in [-0.2, -0.15) is 0 Å². The standard InChI is InChI=1S/C15H28O4/c1-6-15(4,5)19-12(16)10-8-7-9-11-14(2,3)13(17)18/h6-11H2,1-5H3,(H,17,18). The van der Waals surface area contributed by atoms with Crippen LogP contribution in [0, 0.1) is 5.41 Å². The molecule has 0 saturated heterocycles. The van der Waals surface area contributed by atoms with Gasteiger partial charge in [-0.05, 0) is 47.0 Å². The zero-order valence-electron chi connectivity index (χ0n) is 12.9. The van der Waals surface area contributed by atoms with Gasteiger partial charge >= 0.3 is 11.9 Å². The fourth-order valence-corrected chi connectivity index (χ4v) is 1.55. The number of esters is 1. The van der Waals surface area contributed by atoms with E-state index in [1.54, 1.807) is 13.8 Å². The van der Waals surface area contributed by atoms with Crippen molar-refractivity contribution in [2.45, 2.75) is 78.7 Å². The Morgan fingerprint density at radius 2 is 1.63 bits per heavy atom. The third-order valence-corrected chi connectivity index (χ3v) is 3.50. The molecule has 0 heterocycles. The van der Waals surface area contributed by atoms with E-state index in [1.165, 1.54) is 0 Å². The third kappa shape index (κ3) is 7.85. The minimum absolute atomic E-state index is 0.163. The molecular weight excluding hydrogens is 244 g/mol. The van der Waals surface area contributed by atoms with E-state index in [-0.39, 0.29) is 11.6 Å². The molecule has 0 aliphatic rings. The molecule has 0 rings (SSSR count). The Bertz CT molecular complexity index is 305. The summed E-state index contributed by atoms with van der Waals surface area (Å²) < 4.78 is 5.34. The van der Waals surface area contributed by atoms with Crippen molar-refractivity contribution in [2.75, 3.05) is 0 Å². The summed E-state index contributed by atoms with van der Waals surface area (Å²) in [6, 6.07) is 0. The van der Waals surface area contributed by atoms with Crippen molar-refractivity contribution in [3.8, 4) is 0 Å². The molecule has 0 bridgehead atoms. The molecule has 112 valence electrons. The number of carboxylic acids is 1. The van der Waals surface area contributed by atoms with Crippen molar-refractivity contribution in [3.63, 3.8) is 0 Å². The Balaban J connectivity index is 3.77. The summed E-state index contributed by atoms with van der Waals surface area (Å²) in [6.07, 6.45) is 4.29. The van der Waals surface area contributed by atoms with Crippen molar-refractivity contribution in [1.82, 2.24) is 0 Å². The van der Waals surface area contributed by atoms with Gasteiger partial charge in [-0.3, -0.25) is 9.59 Å². The number of carboxylic acid groups (broad SMARTS) is 1. The first-order valence-corrected chi connectivity index (χ1v) is 7.06. The van der Waals surface area contributed by atoms with E-state index in [9.17, 15) is 9.59 Å². The second kappa shape index (κ2) is 7.51. The summed E-state index contributed by atoms with van der Waals surface area (Å²) in [4.78, 5) is 22.5. The summed E-state index contributed by atoms with van der Waals surface area (Å²) in [5.41, 5.74) is -1.06. The number of unbranched alkanes of at least 4 members (excludes halogenated alkanes) is 2. The quantitative estimate of drug-likeness (QED) is 0.512. The van der Waals surface area contributed by atoms with Gasteiger partial charge < -0.3 is 9.84 Å². The van der Waals surface area contributed by atoms with Gasteiger partial charge in [0.05, 0.1) is 5.41 Å². The lowest BCUT2D eigenvalue weighted by Gasteiger charge is -2.23. The molecule has 0 aromatic rings. The fraction of sp³-hybridized carbons (Fsp3) is 0.867. The molecule has 0 atom stereocenters. The second-order valence-electron chi connectivity index (χ2n) is 6.34. The van der Waals surface area contributed by atoms with Crippen LogP contribution in [0.5, 0.6) is 0 Å². The zero-order valence-corrected chi connectivity index (χ0v) is 12.9. The maximum atomic E-state index is 11.6. The maximum Gasteiger partial charge on any atom is 0.309 e. The van der Waals surface area contributed by atoms with Crippen LogP contribution in [0.2, 0.25) is 0 Å². The van der Waals surface area contributed by atoms with Crippen molar-refractivity contribution in [2.24, 2.45) is 5.41 Å². The second-order valence-corrected chi connectivity index (χ2v) is 6.34. The highest BCUT2D eigenvalue weighted by atomic mass is 16.6. The zero-order chi connectivity index (χ0) is 15.1. The monoisotopic (exact) mass is 272 g/mol. The van der Waals surface area contributed by atoms with E-state index in [4.69, 9.17) is 9.84 Å². The van der Waals surface area contributed by atoms with Crippen LogP contribution in [0.15, 0.2) is 0 Å². The van der Waals surface area contributed by atoms with Gasteiger partial charge in [0.2, 0.25) is 0 Å². The molecule has 0 radical (unpaired) electrons. The number of rotatable bonds is 9. The molecule has 0 spiro atoms. The van der Waals surface area contributed by atoms with E-state index in [0.717, 1.165) is 25.7 Å². The third-order valence-electron chi connectivity index (χ3n) is 3.50. The Kier molecular flexibility index (Phi) is 7.09. The number of carbonyl (C=O) groups is 2. The molecule has 0 unspecified atom stereocenters. The average molecular weight is 272 g/mol. The molecule has 4 heteroatoms. The predicted octanol–water partition coefficient (Wildman–Crippen LogP) is 3.78. The van der Waals surface area contributed by atoms with Crippen molar-refractivity contribution >= 4 is 11.9 Å². The summed E-state index contributed by atoms with van der Waals surface area (Å²) in [6.45, 7) is 9.25. The lowest BCUT2D eigenvalue weighted by atomic mass is 9.87. The van der Waals surface area contributed by atoms with Crippen LogP contribution in [-0.4, -0.2) is 22.6 Å². The first kappa shape index (κ1) is 17.9. The van der Waals surface area contributed by atoms with Crippen LogP contribution >= 0.6 is 0 Å². The number of hydrogen-bond donors (Lipinski definition) is 1. The maximum absolute atomic E-state index is 11.6. The fourth-order valence-electron chi connectivity index (χ4n) is 1.55. The molecule has 0 aliphatic heterocycles. The summed E-state index contributed by atoms with van der Waals surface area (Å²) in [5.74, 6) is -0.930. The van der Waals surface area contributed by atoms with Crippen LogP contribution in [-0.2, 0) is 14.3 Å². The average Bonchev–Trinajstić information content (AvgIpc) is 2.27. The van der Waals surface area contributed by atoms with Gasteiger partial charge in [0.15, 0.2) is 0 Å². The van der Waals surface area contributed by atoms with Gasteiger partial charge in [0.25, 0.3) is 0 Å². The summed E-state index contributed by atoms with van der Waals surface area (Å²) in [7, 11) is 0. The van der Waals surface area contributed by atoms with Gasteiger partial charge in [-0.25, -0.2) is 0 Å². The van der Waals surface area contributed by atoms with Crippen molar-refractivity contribution in [3.05, 3.63) is 0 Å². The van der Waals surface area contributed by atoms with E-state index < -0.39 is 11.4 Å². The predicted molar refractivity (Wildman–Crippen MR) is 75.0 cm³/mol. The largest absolute Gasteiger partial charge is 0.481 e. The SMILES string of the molecule is CCC(C)(C)OC(=O)CCCCCC(C)(C)C(=O)O. The van der Waals surface area contributed by atoms with Crippen LogP contribution in [0.4, 0.5) is 0 Å². The molecule has 4 nitrogen and oxygen atoms in total. The van der Waals surface area contributed by atoms with E-state index in [1.807, 2.05) is 20.8 Å². The first-order chi connectivity index (χ1) is 8.60. The van der Waals surface area contributed by atoms with Crippen LogP contribution in [0.1, 0.15) is 73.1 Å². The normalized spacial score (nSPS) is 12.3. The molecule has 0 aromatic heterocycles. The lowest BCUT2D eigenvalue weighted by Crippen LogP contribution is -2.26. The van der Waals surface area contributed by atoms with Crippen LogP contribution < -0.4 is 0 Å². The first-order valence-electron chi connectivity index (χ1n) is 7.06. The minimum atomic E-state index is -0.767. The molecule has 1 N–H and O–H groups in total. The highest BCUT2D eigenvalue weighted by Gasteiger charge is 2.26. The minimum Gasteiger partial charge on any atom is -0.481 e. The van der Waals surface area contributed by atoms with Gasteiger partial charge in [0, 0.05) is 6.42 Å². The number of ether oxygens (including phenoxy) is 1. The smallest absolute Gasteiger partial charge is 0.309 e. The van der Waals surface area contributed by atoms with Crippen LogP contribution in [0.25, 0.3) is 0 Å². The molecule has 0 fully saturated rings. The lowest BCUT2D eigenvalue weighted by molar-refractivity contribution is -0.157. The highest BCUT2D eigenvalue weighted by molar-refractivity contribution is 5.73. The van der Waals surface area contributed by atoms with Crippen LogP contribution in [0.3, 0.4) is 0 Å². The molecule has 0 aromatic carbocycles. The molecular formula is C15H28O4. The van der Waals surface area contributed by atoms with E-state index >= 15 is 0 Å². The summed E-state index contributed by atoms with van der Waals surface area (Å²) in [5, 5.41) is 8.97. The van der Waals surface area contributed by atoms with Crippen molar-refractivity contribution < 1.29 is 19.4 Å². The molecule has 0 aliphatic carbocycles. The molecule has 0 amide bonds. The Labute approximate surface area is 116 Å². The van der Waals surface area contributed by atoms with Crippen molar-refractivity contribution in [1.29, 1.82) is 0 Å². The number of aliphatic carboxylic acids is 1. The summed E-state index contributed by atoms with van der Waals surface area (Å²) >= 11 is 0. The molecule has 0 saturated carbocycles. The Morgan fingerprint density at radius 1 is 1.05 bits per heavy atom. The Hall–Kier alpha value is -1.06. The Morgan fingerprint density at radius 3 is 2.11 bits per heavy atom.